The lowest BCUT2D eigenvalue weighted by Gasteiger charge is -2.06. The molecule has 0 heterocycles. The summed E-state index contributed by atoms with van der Waals surface area (Å²) in [4.78, 5) is 0. The zero-order valence-electron chi connectivity index (χ0n) is 7.83. The van der Waals surface area contributed by atoms with Crippen LogP contribution >= 0.6 is 0 Å². The highest BCUT2D eigenvalue weighted by Gasteiger charge is 2.02. The molecule has 1 atom stereocenters. The fourth-order valence-corrected chi connectivity index (χ4v) is 0.539. The van der Waals surface area contributed by atoms with Crippen molar-refractivity contribution in [3.05, 3.63) is 17.9 Å². The minimum atomic E-state index is -0.356. The minimum Gasteiger partial charge on any atom is -0.388 e. The topological polar surface area (TPSA) is 20.2 Å². The molecule has 0 unspecified atom stereocenters. The quantitative estimate of drug-likeness (QED) is 0.619. The van der Waals surface area contributed by atoms with Gasteiger partial charge in [-0.05, 0) is 24.0 Å². The van der Waals surface area contributed by atoms with Gasteiger partial charge in [-0.15, -0.1) is 5.73 Å². The first-order valence-corrected chi connectivity index (χ1v) is 4.14. The third-order valence-corrected chi connectivity index (χ3v) is 1.38. The summed E-state index contributed by atoms with van der Waals surface area (Å²) in [6, 6.07) is 0. The number of rotatable bonds is 3. The predicted molar refractivity (Wildman–Crippen MR) is 48.3 cm³/mol. The second kappa shape index (κ2) is 5.17. The normalized spacial score (nSPS) is 13.0. The molecule has 0 amide bonds. The van der Waals surface area contributed by atoms with Crippen molar-refractivity contribution in [1.29, 1.82) is 0 Å². The van der Waals surface area contributed by atoms with Gasteiger partial charge in [-0.2, -0.15) is 0 Å². The second-order valence-electron chi connectivity index (χ2n) is 3.48. The molecule has 0 aliphatic carbocycles. The van der Waals surface area contributed by atoms with Gasteiger partial charge in [0.15, 0.2) is 0 Å². The number of aliphatic hydroxyl groups is 1. The summed E-state index contributed by atoms with van der Waals surface area (Å²) in [7, 11) is 0. The van der Waals surface area contributed by atoms with Crippen LogP contribution in [0.1, 0.15) is 27.7 Å². The summed E-state index contributed by atoms with van der Waals surface area (Å²) in [6.45, 7) is 8.14. The Morgan fingerprint density at radius 1 is 1.09 bits per heavy atom. The fraction of sp³-hybridized carbons (Fsp3) is 0.700. The van der Waals surface area contributed by atoms with Crippen molar-refractivity contribution in [2.45, 2.75) is 33.8 Å². The minimum absolute atomic E-state index is 0.281. The van der Waals surface area contributed by atoms with Crippen LogP contribution in [-0.2, 0) is 0 Å². The summed E-state index contributed by atoms with van der Waals surface area (Å²) >= 11 is 0. The van der Waals surface area contributed by atoms with Gasteiger partial charge in [-0.25, -0.2) is 0 Å². The molecule has 0 saturated heterocycles. The van der Waals surface area contributed by atoms with E-state index in [0.29, 0.717) is 5.92 Å². The van der Waals surface area contributed by atoms with Crippen molar-refractivity contribution in [2.24, 2.45) is 11.8 Å². The number of hydrogen-bond acceptors (Lipinski definition) is 1. The lowest BCUT2D eigenvalue weighted by Crippen LogP contribution is -2.09. The molecule has 0 radical (unpaired) electrons. The Bertz CT molecular complexity index is 150. The van der Waals surface area contributed by atoms with Crippen molar-refractivity contribution in [1.82, 2.24) is 0 Å². The van der Waals surface area contributed by atoms with Crippen LogP contribution in [0, 0.1) is 11.8 Å². The Kier molecular flexibility index (Phi) is 4.93. The Morgan fingerprint density at radius 2 is 1.64 bits per heavy atom. The maximum atomic E-state index is 9.30. The number of hydrogen-bond donors (Lipinski definition) is 1. The molecule has 0 bridgehead atoms. The summed E-state index contributed by atoms with van der Waals surface area (Å²) in [6.07, 6.45) is 3.31. The first-order valence-electron chi connectivity index (χ1n) is 4.14. The third kappa shape index (κ3) is 5.90. The molecule has 64 valence electrons. The molecule has 0 aliphatic heterocycles. The molecule has 0 saturated carbocycles. The van der Waals surface area contributed by atoms with Gasteiger partial charge in [-0.1, -0.05) is 27.7 Å². The largest absolute Gasteiger partial charge is 0.388 e. The Morgan fingerprint density at radius 3 is 2.00 bits per heavy atom. The Hall–Kier alpha value is -0.520. The smallest absolute Gasteiger partial charge is 0.0817 e. The highest BCUT2D eigenvalue weighted by molar-refractivity contribution is 4.92. The average molecular weight is 154 g/mol. The molecule has 0 spiro atoms. The fourth-order valence-electron chi connectivity index (χ4n) is 0.539. The summed E-state index contributed by atoms with van der Waals surface area (Å²) < 4.78 is 0. The molecular weight excluding hydrogens is 136 g/mol. The van der Waals surface area contributed by atoms with Gasteiger partial charge in [0, 0.05) is 0 Å². The van der Waals surface area contributed by atoms with E-state index in [1.165, 1.54) is 0 Å². The van der Waals surface area contributed by atoms with E-state index in [1.54, 1.807) is 6.08 Å². The zero-order valence-corrected chi connectivity index (χ0v) is 7.83. The van der Waals surface area contributed by atoms with Gasteiger partial charge in [0.25, 0.3) is 0 Å². The van der Waals surface area contributed by atoms with Gasteiger partial charge >= 0.3 is 0 Å². The summed E-state index contributed by atoms with van der Waals surface area (Å²) in [5, 5.41) is 9.30. The standard InChI is InChI=1S/C10H18O/c1-8(2)6-5-7-10(11)9(3)4/h6-11H,1-4H3/t5?,10-/m1/s1. The van der Waals surface area contributed by atoms with Crippen LogP contribution in [0.2, 0.25) is 0 Å². The van der Waals surface area contributed by atoms with Crippen molar-refractivity contribution in [3.63, 3.8) is 0 Å². The zero-order chi connectivity index (χ0) is 8.85. The molecular formula is C10H18O. The molecule has 0 rings (SSSR count). The second-order valence-corrected chi connectivity index (χ2v) is 3.48. The van der Waals surface area contributed by atoms with E-state index in [-0.39, 0.29) is 12.0 Å². The van der Waals surface area contributed by atoms with Gasteiger partial charge in [0.2, 0.25) is 0 Å². The van der Waals surface area contributed by atoms with Crippen molar-refractivity contribution in [3.8, 4) is 0 Å². The van der Waals surface area contributed by atoms with Crippen molar-refractivity contribution >= 4 is 0 Å². The van der Waals surface area contributed by atoms with Crippen LogP contribution in [0.4, 0.5) is 0 Å². The molecule has 1 nitrogen and oxygen atoms in total. The van der Waals surface area contributed by atoms with Gasteiger partial charge in [-0.3, -0.25) is 0 Å². The monoisotopic (exact) mass is 154 g/mol. The van der Waals surface area contributed by atoms with E-state index in [4.69, 9.17) is 0 Å². The molecule has 1 N–H and O–H groups in total. The first kappa shape index (κ1) is 10.5. The Balaban J connectivity index is 3.91. The average Bonchev–Trinajstić information content (AvgIpc) is 1.86. The highest BCUT2D eigenvalue weighted by Crippen LogP contribution is 2.01. The van der Waals surface area contributed by atoms with Gasteiger partial charge in [0.05, 0.1) is 6.10 Å². The van der Waals surface area contributed by atoms with E-state index >= 15 is 0 Å². The van der Waals surface area contributed by atoms with E-state index in [1.807, 2.05) is 19.9 Å². The van der Waals surface area contributed by atoms with E-state index in [0.717, 1.165) is 0 Å². The lowest BCUT2D eigenvalue weighted by atomic mass is 10.1. The predicted octanol–water partition coefficient (Wildman–Crippen LogP) is 2.37. The van der Waals surface area contributed by atoms with E-state index in [9.17, 15) is 5.11 Å². The Labute approximate surface area is 69.4 Å². The van der Waals surface area contributed by atoms with Crippen molar-refractivity contribution in [2.75, 3.05) is 0 Å². The summed E-state index contributed by atoms with van der Waals surface area (Å²) in [5.41, 5.74) is 2.97. The molecule has 0 aromatic rings. The molecule has 0 aromatic heterocycles. The van der Waals surface area contributed by atoms with E-state index in [2.05, 4.69) is 19.6 Å². The first-order chi connectivity index (χ1) is 5.04. The molecule has 0 fully saturated rings. The maximum absolute atomic E-state index is 9.30. The maximum Gasteiger partial charge on any atom is 0.0817 e. The van der Waals surface area contributed by atoms with Gasteiger partial charge in [0.1, 0.15) is 0 Å². The molecule has 1 heteroatoms. The lowest BCUT2D eigenvalue weighted by molar-refractivity contribution is 0.172. The van der Waals surface area contributed by atoms with Crippen LogP contribution < -0.4 is 0 Å². The van der Waals surface area contributed by atoms with Crippen LogP contribution in [0.15, 0.2) is 17.9 Å². The van der Waals surface area contributed by atoms with Crippen LogP contribution in [0.25, 0.3) is 0 Å². The van der Waals surface area contributed by atoms with Crippen LogP contribution in [-0.4, -0.2) is 11.2 Å². The van der Waals surface area contributed by atoms with Crippen LogP contribution in [0.3, 0.4) is 0 Å². The highest BCUT2D eigenvalue weighted by atomic mass is 16.3. The number of aliphatic hydroxyl groups excluding tert-OH is 1. The van der Waals surface area contributed by atoms with E-state index < -0.39 is 0 Å². The summed E-state index contributed by atoms with van der Waals surface area (Å²) in [5.74, 6) is 0.786. The molecule has 0 aliphatic rings. The molecule has 11 heavy (non-hydrogen) atoms. The molecule has 0 aromatic carbocycles. The van der Waals surface area contributed by atoms with Crippen molar-refractivity contribution < 1.29 is 5.11 Å². The van der Waals surface area contributed by atoms with Gasteiger partial charge < -0.3 is 5.11 Å². The van der Waals surface area contributed by atoms with Crippen LogP contribution in [0.5, 0.6) is 0 Å². The third-order valence-electron chi connectivity index (χ3n) is 1.38. The SMILES string of the molecule is CC(C)C=C=C[C@@H](O)C(C)C.